The molecule has 1 unspecified atom stereocenters. The Labute approximate surface area is 78.7 Å². The highest BCUT2D eigenvalue weighted by Crippen LogP contribution is 2.14. The van der Waals surface area contributed by atoms with Gasteiger partial charge < -0.3 is 5.11 Å². The van der Waals surface area contributed by atoms with Crippen molar-refractivity contribution in [2.24, 2.45) is 0 Å². The standard InChI is InChI=1S/C10H15NO2/c1-2-6-9(10(12)13)11-7-4-3-5-8-11/h1,9H,3-8H2,(H,12,13). The molecule has 1 heterocycles. The molecule has 1 aliphatic rings. The van der Waals surface area contributed by atoms with E-state index in [1.165, 1.54) is 6.42 Å². The number of nitrogens with zero attached hydrogens (tertiary/aromatic N) is 1. The van der Waals surface area contributed by atoms with Gasteiger partial charge in [0, 0.05) is 6.42 Å². The van der Waals surface area contributed by atoms with Crippen molar-refractivity contribution in [3.05, 3.63) is 0 Å². The fourth-order valence-electron chi connectivity index (χ4n) is 1.71. The van der Waals surface area contributed by atoms with E-state index in [2.05, 4.69) is 5.92 Å². The van der Waals surface area contributed by atoms with Crippen molar-refractivity contribution < 1.29 is 9.90 Å². The molecule has 13 heavy (non-hydrogen) atoms. The van der Waals surface area contributed by atoms with Crippen molar-refractivity contribution in [1.82, 2.24) is 4.90 Å². The van der Waals surface area contributed by atoms with Crippen LogP contribution in [0.3, 0.4) is 0 Å². The molecule has 1 atom stereocenters. The van der Waals surface area contributed by atoms with Crippen LogP contribution in [0.1, 0.15) is 25.7 Å². The lowest BCUT2D eigenvalue weighted by molar-refractivity contribution is -0.143. The summed E-state index contributed by atoms with van der Waals surface area (Å²) >= 11 is 0. The lowest BCUT2D eigenvalue weighted by Crippen LogP contribution is -2.43. The molecule has 0 aromatic rings. The van der Waals surface area contributed by atoms with Gasteiger partial charge in [-0.05, 0) is 25.9 Å². The summed E-state index contributed by atoms with van der Waals surface area (Å²) in [4.78, 5) is 12.8. The second-order valence-electron chi connectivity index (χ2n) is 3.36. The molecule has 0 bridgehead atoms. The SMILES string of the molecule is C#CCC(C(=O)O)N1CCCCC1. The summed E-state index contributed by atoms with van der Waals surface area (Å²) in [6, 6.07) is -0.467. The Morgan fingerprint density at radius 3 is 2.54 bits per heavy atom. The van der Waals surface area contributed by atoms with Crippen molar-refractivity contribution in [2.45, 2.75) is 31.7 Å². The number of carbonyl (C=O) groups is 1. The van der Waals surface area contributed by atoms with Crippen molar-refractivity contribution in [3.8, 4) is 12.3 Å². The Bertz CT molecular complexity index is 213. The summed E-state index contributed by atoms with van der Waals surface area (Å²) in [6.07, 6.45) is 8.84. The van der Waals surface area contributed by atoms with Crippen LogP contribution in [0.5, 0.6) is 0 Å². The van der Waals surface area contributed by atoms with Gasteiger partial charge >= 0.3 is 5.97 Å². The van der Waals surface area contributed by atoms with Crippen molar-refractivity contribution in [2.75, 3.05) is 13.1 Å². The van der Waals surface area contributed by atoms with Gasteiger partial charge in [0.2, 0.25) is 0 Å². The Morgan fingerprint density at radius 2 is 2.08 bits per heavy atom. The molecule has 1 fully saturated rings. The minimum atomic E-state index is -0.792. The molecule has 0 spiro atoms. The highest BCUT2D eigenvalue weighted by molar-refractivity contribution is 5.73. The Balaban J connectivity index is 2.52. The highest BCUT2D eigenvalue weighted by atomic mass is 16.4. The fraction of sp³-hybridized carbons (Fsp3) is 0.700. The molecular weight excluding hydrogens is 166 g/mol. The van der Waals surface area contributed by atoms with E-state index in [-0.39, 0.29) is 0 Å². The van der Waals surface area contributed by atoms with Crippen LogP contribution in [0.4, 0.5) is 0 Å². The van der Waals surface area contributed by atoms with Gasteiger partial charge in [-0.3, -0.25) is 9.69 Å². The summed E-state index contributed by atoms with van der Waals surface area (Å²) in [5, 5.41) is 8.92. The zero-order valence-electron chi connectivity index (χ0n) is 7.70. The molecular formula is C10H15NO2. The molecule has 1 aliphatic heterocycles. The van der Waals surface area contributed by atoms with Crippen LogP contribution in [0.25, 0.3) is 0 Å². The number of aliphatic carboxylic acids is 1. The number of hydrogen-bond donors (Lipinski definition) is 1. The van der Waals surface area contributed by atoms with E-state index in [0.717, 1.165) is 25.9 Å². The van der Waals surface area contributed by atoms with Crippen LogP contribution in [-0.4, -0.2) is 35.1 Å². The van der Waals surface area contributed by atoms with Crippen LogP contribution in [-0.2, 0) is 4.79 Å². The second kappa shape index (κ2) is 4.88. The highest BCUT2D eigenvalue weighted by Gasteiger charge is 2.25. The molecule has 0 aromatic heterocycles. The number of hydrogen-bond acceptors (Lipinski definition) is 2. The van der Waals surface area contributed by atoms with Gasteiger partial charge in [0.1, 0.15) is 6.04 Å². The van der Waals surface area contributed by atoms with Gasteiger partial charge in [-0.15, -0.1) is 12.3 Å². The van der Waals surface area contributed by atoms with Crippen LogP contribution in [0.2, 0.25) is 0 Å². The molecule has 72 valence electrons. The molecule has 0 amide bonds. The average molecular weight is 181 g/mol. The Hall–Kier alpha value is -1.01. The number of carboxylic acid groups (broad SMARTS) is 1. The third kappa shape index (κ3) is 2.74. The number of rotatable bonds is 3. The first-order valence-electron chi connectivity index (χ1n) is 4.66. The first kappa shape index (κ1) is 10.1. The van der Waals surface area contributed by atoms with E-state index in [1.54, 1.807) is 0 Å². The summed E-state index contributed by atoms with van der Waals surface area (Å²) in [7, 11) is 0. The summed E-state index contributed by atoms with van der Waals surface area (Å²) in [5.74, 6) is 1.63. The fourth-order valence-corrected chi connectivity index (χ4v) is 1.71. The monoisotopic (exact) mass is 181 g/mol. The maximum Gasteiger partial charge on any atom is 0.321 e. The maximum atomic E-state index is 10.9. The third-order valence-corrected chi connectivity index (χ3v) is 2.43. The molecule has 0 radical (unpaired) electrons. The van der Waals surface area contributed by atoms with Crippen molar-refractivity contribution >= 4 is 5.97 Å². The molecule has 0 aromatic carbocycles. The van der Waals surface area contributed by atoms with Crippen LogP contribution >= 0.6 is 0 Å². The van der Waals surface area contributed by atoms with Gasteiger partial charge in [0.05, 0.1) is 0 Å². The second-order valence-corrected chi connectivity index (χ2v) is 3.36. The van der Waals surface area contributed by atoms with E-state index in [9.17, 15) is 4.79 Å². The summed E-state index contributed by atoms with van der Waals surface area (Å²) in [6.45, 7) is 1.75. The molecule has 3 nitrogen and oxygen atoms in total. The van der Waals surface area contributed by atoms with E-state index < -0.39 is 12.0 Å². The normalized spacial score (nSPS) is 20.5. The van der Waals surface area contributed by atoms with E-state index in [0.29, 0.717) is 6.42 Å². The molecule has 1 saturated heterocycles. The summed E-state index contributed by atoms with van der Waals surface area (Å²) < 4.78 is 0. The molecule has 1 N–H and O–H groups in total. The van der Waals surface area contributed by atoms with Crippen molar-refractivity contribution in [1.29, 1.82) is 0 Å². The Morgan fingerprint density at radius 1 is 1.46 bits per heavy atom. The van der Waals surface area contributed by atoms with Gasteiger partial charge in [-0.2, -0.15) is 0 Å². The Kier molecular flexibility index (Phi) is 3.78. The smallest absolute Gasteiger partial charge is 0.321 e. The van der Waals surface area contributed by atoms with E-state index in [1.807, 2.05) is 4.90 Å². The quantitative estimate of drug-likeness (QED) is 0.659. The molecule has 0 saturated carbocycles. The van der Waals surface area contributed by atoms with E-state index >= 15 is 0 Å². The third-order valence-electron chi connectivity index (χ3n) is 2.43. The lowest BCUT2D eigenvalue weighted by Gasteiger charge is -2.30. The number of likely N-dealkylation sites (tertiary alicyclic amines) is 1. The van der Waals surface area contributed by atoms with Crippen LogP contribution in [0, 0.1) is 12.3 Å². The molecule has 0 aliphatic carbocycles. The zero-order chi connectivity index (χ0) is 9.68. The van der Waals surface area contributed by atoms with Gasteiger partial charge in [-0.1, -0.05) is 6.42 Å². The van der Waals surface area contributed by atoms with Crippen molar-refractivity contribution in [3.63, 3.8) is 0 Å². The first-order chi connectivity index (χ1) is 6.25. The van der Waals surface area contributed by atoms with Gasteiger partial charge in [0.15, 0.2) is 0 Å². The largest absolute Gasteiger partial charge is 0.480 e. The number of carboxylic acids is 1. The topological polar surface area (TPSA) is 40.5 Å². The van der Waals surface area contributed by atoms with Gasteiger partial charge in [0.25, 0.3) is 0 Å². The summed E-state index contributed by atoms with van der Waals surface area (Å²) in [5.41, 5.74) is 0. The average Bonchev–Trinajstić information content (AvgIpc) is 2.15. The number of piperidine rings is 1. The molecule has 1 rings (SSSR count). The van der Waals surface area contributed by atoms with E-state index in [4.69, 9.17) is 11.5 Å². The maximum absolute atomic E-state index is 10.9. The molecule has 3 heteroatoms. The zero-order valence-corrected chi connectivity index (χ0v) is 7.70. The minimum absolute atomic E-state index is 0.315. The predicted octanol–water partition coefficient (Wildman–Crippen LogP) is 0.949. The van der Waals surface area contributed by atoms with Crippen LogP contribution < -0.4 is 0 Å². The number of terminal acetylenes is 1. The lowest BCUT2D eigenvalue weighted by atomic mass is 10.1. The first-order valence-corrected chi connectivity index (χ1v) is 4.66. The van der Waals surface area contributed by atoms with Crippen LogP contribution in [0.15, 0.2) is 0 Å². The van der Waals surface area contributed by atoms with Gasteiger partial charge in [-0.25, -0.2) is 0 Å². The minimum Gasteiger partial charge on any atom is -0.480 e. The predicted molar refractivity (Wildman–Crippen MR) is 50.3 cm³/mol.